The Morgan fingerprint density at radius 3 is 2.41 bits per heavy atom. The van der Waals surface area contributed by atoms with Crippen LogP contribution < -0.4 is 14.9 Å². The molecule has 1 aromatic heterocycles. The molecule has 32 heavy (non-hydrogen) atoms. The molecule has 1 fully saturated rings. The van der Waals surface area contributed by atoms with E-state index in [4.69, 9.17) is 18.6 Å². The van der Waals surface area contributed by atoms with E-state index < -0.39 is 37.3 Å². The van der Waals surface area contributed by atoms with E-state index in [1.165, 1.54) is 37.6 Å². The predicted molar refractivity (Wildman–Crippen MR) is 111 cm³/mol. The standard InChI is InChI=1S/C22H22O10/c1-29-16-6-12-15(7-14(16)24)30-9-13(18(12)25)10-2-4-11(5-3-10)31-22-21(28)20(27)19(26)17(8-23)32-22/h2-7,9,17,19-24,26-28H,8H2,1H3. The average molecular weight is 446 g/mol. The fourth-order valence-corrected chi connectivity index (χ4v) is 3.52. The zero-order valence-electron chi connectivity index (χ0n) is 16.9. The summed E-state index contributed by atoms with van der Waals surface area (Å²) in [5, 5.41) is 49.2. The van der Waals surface area contributed by atoms with Gasteiger partial charge >= 0.3 is 0 Å². The largest absolute Gasteiger partial charge is 0.504 e. The Kier molecular flexibility index (Phi) is 6.04. The van der Waals surface area contributed by atoms with Gasteiger partial charge in [0.25, 0.3) is 0 Å². The lowest BCUT2D eigenvalue weighted by atomic mass is 9.99. The van der Waals surface area contributed by atoms with Gasteiger partial charge in [0, 0.05) is 6.07 Å². The smallest absolute Gasteiger partial charge is 0.229 e. The summed E-state index contributed by atoms with van der Waals surface area (Å²) in [5.74, 6) is 0.255. The zero-order chi connectivity index (χ0) is 23.0. The molecule has 3 aromatic rings. The number of aliphatic hydroxyl groups excluding tert-OH is 4. The normalized spacial score (nSPS) is 25.6. The first-order chi connectivity index (χ1) is 15.3. The Balaban J connectivity index is 1.59. The minimum absolute atomic E-state index is 0.144. The Morgan fingerprint density at radius 1 is 1.03 bits per heavy atom. The van der Waals surface area contributed by atoms with E-state index in [9.17, 15) is 30.3 Å². The first kappa shape index (κ1) is 22.1. The lowest BCUT2D eigenvalue weighted by Gasteiger charge is -2.39. The van der Waals surface area contributed by atoms with Gasteiger partial charge in [0.1, 0.15) is 42.0 Å². The molecule has 0 radical (unpaired) electrons. The van der Waals surface area contributed by atoms with Crippen LogP contribution in [0.15, 0.2) is 51.9 Å². The van der Waals surface area contributed by atoms with Gasteiger partial charge < -0.3 is 44.2 Å². The molecule has 1 aliphatic heterocycles. The Labute approximate surface area is 181 Å². The second kappa shape index (κ2) is 8.77. The van der Waals surface area contributed by atoms with Crippen molar-refractivity contribution in [2.45, 2.75) is 30.7 Å². The van der Waals surface area contributed by atoms with Crippen molar-refractivity contribution in [2.24, 2.45) is 0 Å². The van der Waals surface area contributed by atoms with Gasteiger partial charge in [-0.2, -0.15) is 0 Å². The third kappa shape index (κ3) is 3.90. The molecule has 2 heterocycles. The first-order valence-electron chi connectivity index (χ1n) is 9.74. The van der Waals surface area contributed by atoms with E-state index in [0.29, 0.717) is 5.56 Å². The highest BCUT2D eigenvalue weighted by atomic mass is 16.7. The average Bonchev–Trinajstić information content (AvgIpc) is 2.80. The summed E-state index contributed by atoms with van der Waals surface area (Å²) in [4.78, 5) is 12.9. The first-order valence-corrected chi connectivity index (χ1v) is 9.74. The van der Waals surface area contributed by atoms with Crippen molar-refractivity contribution in [3.63, 3.8) is 0 Å². The molecule has 1 aliphatic rings. The summed E-state index contributed by atoms with van der Waals surface area (Å²) in [5.41, 5.74) is 0.672. The van der Waals surface area contributed by atoms with E-state index in [2.05, 4.69) is 0 Å². The highest BCUT2D eigenvalue weighted by Crippen LogP contribution is 2.31. The van der Waals surface area contributed by atoms with E-state index in [1.54, 1.807) is 12.1 Å². The highest BCUT2D eigenvalue weighted by molar-refractivity contribution is 5.84. The fourth-order valence-electron chi connectivity index (χ4n) is 3.52. The number of ether oxygens (including phenoxy) is 3. The third-order valence-corrected chi connectivity index (χ3v) is 5.34. The van der Waals surface area contributed by atoms with E-state index in [0.717, 1.165) is 0 Å². The van der Waals surface area contributed by atoms with Crippen LogP contribution >= 0.6 is 0 Å². The molecule has 1 saturated heterocycles. The Hall–Kier alpha value is -3.15. The highest BCUT2D eigenvalue weighted by Gasteiger charge is 2.44. The number of benzene rings is 2. The summed E-state index contributed by atoms with van der Waals surface area (Å²) >= 11 is 0. The van der Waals surface area contributed by atoms with Crippen molar-refractivity contribution in [1.29, 1.82) is 0 Å². The number of phenols is 1. The molecule has 0 saturated carbocycles. The van der Waals surface area contributed by atoms with E-state index in [1.807, 2.05) is 0 Å². The maximum Gasteiger partial charge on any atom is 0.229 e. The van der Waals surface area contributed by atoms with Crippen LogP contribution in [0.2, 0.25) is 0 Å². The van der Waals surface area contributed by atoms with Crippen molar-refractivity contribution in [3.8, 4) is 28.4 Å². The van der Waals surface area contributed by atoms with Crippen molar-refractivity contribution >= 4 is 11.0 Å². The molecule has 0 aliphatic carbocycles. The van der Waals surface area contributed by atoms with E-state index >= 15 is 0 Å². The summed E-state index contributed by atoms with van der Waals surface area (Å²) in [6.07, 6.45) is -5.69. The topological polar surface area (TPSA) is 159 Å². The molecule has 5 N–H and O–H groups in total. The number of aromatic hydroxyl groups is 1. The molecular weight excluding hydrogens is 424 g/mol. The fraction of sp³-hybridized carbons (Fsp3) is 0.318. The molecule has 10 heteroatoms. The molecular formula is C22H22O10. The molecule has 4 rings (SSSR count). The summed E-state index contributed by atoms with van der Waals surface area (Å²) < 4.78 is 21.4. The summed E-state index contributed by atoms with van der Waals surface area (Å²) in [6.45, 7) is -0.565. The van der Waals surface area contributed by atoms with Gasteiger partial charge in [-0.1, -0.05) is 12.1 Å². The van der Waals surface area contributed by atoms with Crippen LogP contribution in [-0.2, 0) is 4.74 Å². The van der Waals surface area contributed by atoms with Crippen LogP contribution in [0.3, 0.4) is 0 Å². The minimum atomic E-state index is -1.55. The summed E-state index contributed by atoms with van der Waals surface area (Å²) in [6, 6.07) is 8.94. The van der Waals surface area contributed by atoms with Crippen molar-refractivity contribution in [3.05, 3.63) is 52.9 Å². The van der Waals surface area contributed by atoms with Crippen LogP contribution in [0.4, 0.5) is 0 Å². The van der Waals surface area contributed by atoms with Crippen molar-refractivity contribution in [2.75, 3.05) is 13.7 Å². The molecule has 5 atom stereocenters. The van der Waals surface area contributed by atoms with E-state index in [-0.39, 0.29) is 39.2 Å². The molecule has 0 bridgehead atoms. The second-order valence-electron chi connectivity index (χ2n) is 7.34. The molecule has 2 aromatic carbocycles. The lowest BCUT2D eigenvalue weighted by molar-refractivity contribution is -0.277. The van der Waals surface area contributed by atoms with Gasteiger partial charge in [-0.25, -0.2) is 0 Å². The maximum absolute atomic E-state index is 12.9. The van der Waals surface area contributed by atoms with Crippen LogP contribution in [0.1, 0.15) is 0 Å². The number of hydrogen-bond acceptors (Lipinski definition) is 10. The predicted octanol–water partition coefficient (Wildman–Crippen LogP) is 0.353. The van der Waals surface area contributed by atoms with Gasteiger partial charge in [0.2, 0.25) is 11.7 Å². The number of fused-ring (bicyclic) bond motifs is 1. The van der Waals surface area contributed by atoms with Gasteiger partial charge in [-0.3, -0.25) is 4.79 Å². The second-order valence-corrected chi connectivity index (χ2v) is 7.34. The quantitative estimate of drug-likeness (QED) is 0.370. The molecule has 5 unspecified atom stereocenters. The molecule has 0 amide bonds. The van der Waals surface area contributed by atoms with Gasteiger partial charge in [-0.05, 0) is 23.8 Å². The van der Waals surface area contributed by atoms with Gasteiger partial charge in [-0.15, -0.1) is 0 Å². The number of aliphatic hydroxyl groups is 4. The van der Waals surface area contributed by atoms with Crippen molar-refractivity contribution in [1.82, 2.24) is 0 Å². The zero-order valence-corrected chi connectivity index (χ0v) is 16.9. The SMILES string of the molecule is COc1cc2c(=O)c(-c3ccc(OC4OC(CO)C(O)C(O)C4O)cc3)coc2cc1O. The molecule has 0 spiro atoms. The number of methoxy groups -OCH3 is 1. The monoisotopic (exact) mass is 446 g/mol. The number of rotatable bonds is 5. The van der Waals surface area contributed by atoms with Gasteiger partial charge in [0.15, 0.2) is 11.5 Å². The molecule has 10 nitrogen and oxygen atoms in total. The number of phenolic OH excluding ortho intramolecular Hbond substituents is 1. The maximum atomic E-state index is 12.9. The minimum Gasteiger partial charge on any atom is -0.504 e. The Morgan fingerprint density at radius 2 is 1.75 bits per heavy atom. The van der Waals surface area contributed by atoms with Crippen LogP contribution in [0.25, 0.3) is 22.1 Å². The van der Waals surface area contributed by atoms with Crippen LogP contribution in [0.5, 0.6) is 17.2 Å². The lowest BCUT2D eigenvalue weighted by Crippen LogP contribution is -2.60. The van der Waals surface area contributed by atoms with Crippen LogP contribution in [0, 0.1) is 0 Å². The Bertz CT molecular complexity index is 1150. The molecule has 170 valence electrons. The number of hydrogen-bond donors (Lipinski definition) is 5. The van der Waals surface area contributed by atoms with Crippen LogP contribution in [-0.4, -0.2) is 70.0 Å². The third-order valence-electron chi connectivity index (χ3n) is 5.34. The summed E-state index contributed by atoms with van der Waals surface area (Å²) in [7, 11) is 1.38. The van der Waals surface area contributed by atoms with Crippen molar-refractivity contribution < 1.29 is 44.2 Å². The van der Waals surface area contributed by atoms with Gasteiger partial charge in [0.05, 0.1) is 24.7 Å².